The van der Waals surface area contributed by atoms with Crippen LogP contribution >= 0.6 is 0 Å². The first-order valence-electron chi connectivity index (χ1n) is 36.8. The number of nitrogens with zero attached hydrogens (tertiary/aromatic N) is 8. The fourth-order valence-electron chi connectivity index (χ4n) is 13.2. The van der Waals surface area contributed by atoms with Crippen LogP contribution in [0, 0.1) is 0 Å². The van der Waals surface area contributed by atoms with Gasteiger partial charge in [0.25, 0.3) is 0 Å². The number of hydrogen-bond acceptors (Lipinski definition) is 16. The van der Waals surface area contributed by atoms with Gasteiger partial charge in [0.15, 0.2) is 0 Å². The van der Waals surface area contributed by atoms with Gasteiger partial charge in [0.1, 0.15) is 0 Å². The van der Waals surface area contributed by atoms with Crippen LogP contribution in [0.1, 0.15) is 96.4 Å². The third-order valence-electron chi connectivity index (χ3n) is 19.4. The molecule has 8 bridgehead atoms. The highest BCUT2D eigenvalue weighted by Gasteiger charge is 2.27. The molecule has 556 valence electrons. The van der Waals surface area contributed by atoms with Crippen LogP contribution in [-0.4, -0.2) is 244 Å². The molecule has 8 N–H and O–H groups in total. The molecule has 24 heteroatoms. The van der Waals surface area contributed by atoms with Crippen LogP contribution in [0.3, 0.4) is 0 Å². The van der Waals surface area contributed by atoms with Crippen LogP contribution in [0.5, 0.6) is 0 Å². The lowest BCUT2D eigenvalue weighted by atomic mass is 10.1. The van der Waals surface area contributed by atoms with Gasteiger partial charge in [0, 0.05) is 131 Å². The molecule has 4 aliphatic heterocycles. The van der Waals surface area contributed by atoms with Crippen molar-refractivity contribution in [3.05, 3.63) is 214 Å². The Balaban J connectivity index is 0.959. The number of benzene rings is 6. The molecule has 0 radical (unpaired) electrons. The Kier molecular flexibility index (Phi) is 31.8. The second-order valence-corrected chi connectivity index (χ2v) is 27.8. The van der Waals surface area contributed by atoms with Gasteiger partial charge >= 0.3 is 0 Å². The molecule has 4 heterocycles. The van der Waals surface area contributed by atoms with Crippen LogP contribution in [0.4, 0.5) is 0 Å². The maximum atomic E-state index is 14.2. The van der Waals surface area contributed by atoms with Gasteiger partial charge in [-0.05, 0) is 72.2 Å². The minimum atomic E-state index is -0.239. The molecule has 2 saturated heterocycles. The van der Waals surface area contributed by atoms with E-state index in [1.807, 2.05) is 198 Å². The first-order valence-corrected chi connectivity index (χ1v) is 36.8. The van der Waals surface area contributed by atoms with E-state index in [2.05, 4.69) is 81.7 Å². The normalized spacial score (nSPS) is 21.1. The molecule has 4 unspecified atom stereocenters. The maximum absolute atomic E-state index is 14.2. The summed E-state index contributed by atoms with van der Waals surface area (Å²) in [6, 6.07) is 53.7. The van der Waals surface area contributed by atoms with Crippen molar-refractivity contribution >= 4 is 47.3 Å². The summed E-state index contributed by atoms with van der Waals surface area (Å²) < 4.78 is 0. The largest absolute Gasteiger partial charge is 0.351 e. The van der Waals surface area contributed by atoms with Crippen molar-refractivity contribution < 1.29 is 38.4 Å². The molecule has 24 nitrogen and oxygen atoms in total. The molecular formula is C80H108N16O8. The molecular weight excluding hydrogens is 1310 g/mol. The van der Waals surface area contributed by atoms with E-state index in [1.54, 1.807) is 0 Å². The van der Waals surface area contributed by atoms with Crippen LogP contribution in [-0.2, 0) is 64.5 Å². The Morgan fingerprint density at radius 2 is 0.481 bits per heavy atom. The van der Waals surface area contributed by atoms with E-state index < -0.39 is 0 Å². The summed E-state index contributed by atoms with van der Waals surface area (Å²) >= 11 is 0. The van der Waals surface area contributed by atoms with E-state index in [1.165, 1.54) is 0 Å². The summed E-state index contributed by atoms with van der Waals surface area (Å²) in [5, 5.41) is 25.3. The Morgan fingerprint density at radius 1 is 0.288 bits per heavy atom. The molecule has 8 amide bonds. The highest BCUT2D eigenvalue weighted by molar-refractivity contribution is 5.81. The average molecular weight is 1420 g/mol. The zero-order chi connectivity index (χ0) is 73.4. The lowest BCUT2D eigenvalue weighted by Crippen LogP contribution is -2.51. The number of carbonyl (C=O) groups is 8. The molecule has 104 heavy (non-hydrogen) atoms. The molecule has 0 spiro atoms. The minimum absolute atomic E-state index is 0.0432. The van der Waals surface area contributed by atoms with E-state index in [0.717, 1.165) is 44.5 Å². The zero-order valence-corrected chi connectivity index (χ0v) is 61.1. The van der Waals surface area contributed by atoms with Gasteiger partial charge in [-0.2, -0.15) is 0 Å². The molecule has 10 rings (SSSR count). The summed E-state index contributed by atoms with van der Waals surface area (Å²) in [7, 11) is 0. The second-order valence-electron chi connectivity index (χ2n) is 27.8. The molecule has 2 fully saturated rings. The maximum Gasteiger partial charge on any atom is 0.234 e. The topological polar surface area (TPSA) is 259 Å². The van der Waals surface area contributed by atoms with E-state index in [4.69, 9.17) is 0 Å². The first kappa shape index (κ1) is 78.9. The average Bonchev–Trinajstić information content (AvgIpc) is 1.03. The summed E-state index contributed by atoms with van der Waals surface area (Å²) in [5.74, 6) is -1.45. The van der Waals surface area contributed by atoms with E-state index in [0.29, 0.717) is 105 Å². The van der Waals surface area contributed by atoms with Gasteiger partial charge in [-0.25, -0.2) is 0 Å². The van der Waals surface area contributed by atoms with Crippen molar-refractivity contribution in [3.63, 3.8) is 0 Å². The van der Waals surface area contributed by atoms with Crippen molar-refractivity contribution in [1.82, 2.24) is 81.7 Å². The van der Waals surface area contributed by atoms with Gasteiger partial charge in [-0.15, -0.1) is 0 Å². The van der Waals surface area contributed by atoms with Crippen LogP contribution in [0.2, 0.25) is 0 Å². The molecule has 6 aromatic rings. The van der Waals surface area contributed by atoms with Crippen molar-refractivity contribution in [2.75, 3.05) is 157 Å². The zero-order valence-electron chi connectivity index (χ0n) is 61.1. The fraction of sp³-hybridized carbons (Fsp3) is 0.450. The molecule has 6 aromatic carbocycles. The summed E-state index contributed by atoms with van der Waals surface area (Å²) in [6.45, 7) is 16.0. The number of fused-ring (bicyclic) bond motifs is 20. The number of amides is 8. The van der Waals surface area contributed by atoms with Crippen LogP contribution in [0.15, 0.2) is 170 Å². The van der Waals surface area contributed by atoms with Gasteiger partial charge in [0.2, 0.25) is 47.3 Å². The van der Waals surface area contributed by atoms with Crippen LogP contribution < -0.4 is 42.5 Å². The summed E-state index contributed by atoms with van der Waals surface area (Å²) in [4.78, 5) is 129. The number of rotatable bonds is 16. The monoisotopic (exact) mass is 1420 g/mol. The number of carbonyl (C=O) groups excluding carboxylic acids is 8. The fourth-order valence-corrected chi connectivity index (χ4v) is 13.2. The Bertz CT molecular complexity index is 3190. The third kappa shape index (κ3) is 28.1. The Morgan fingerprint density at radius 3 is 0.673 bits per heavy atom. The number of hydrogen-bond donors (Lipinski definition) is 8. The predicted octanol–water partition coefficient (Wildman–Crippen LogP) is 3.82. The molecule has 0 aromatic heterocycles. The Hall–Kier alpha value is -9.24. The SMILES string of the molecule is CC(NC(=O)CN1CCN2CCN(CC(=O)NC(C)c3ccccc3)CCN(CC1)CC(=O)NCc1cccc(c1)CNC(=O)CN1CCN(CC(=O)NC(C)c3ccccc3)CCN(CCN(CC(=O)NC(C)c3ccccc3)CC1)CC(=O)NCc1cccc(c1)CNC(=O)C2)c1ccccc1. The lowest BCUT2D eigenvalue weighted by molar-refractivity contribution is -0.125. The standard InChI is InChI=1S/C80H108N16O8/c1-61(69-23-9-5-10-24-69)85-77(101)57-93-39-31-89-33-41-94(58-78(102)86-62(2)70-25-11-6-12-26-70)42-34-90(32-40-93)54-74(98)82-50-66-20-18-22-68(48-66)52-84-76(100)56-92-36-44-95(59-79(103)87-63(3)71-27-13-7-14-28-71)43-35-91(55-75(99)83-51-67-21-17-19-65(47-67)49-81-73(97)53-89)37-45-96(46-38-92)60-80(104)88-64(4)72-29-15-8-16-30-72/h5-30,47-48,61-64H,31-46,49-60H2,1-4H3,(H,81,97)(H,82,98)(H,83,99)(H,84,100)(H,85,101)(H,86,102)(H,87,103)(H,88,104). The van der Waals surface area contributed by atoms with Gasteiger partial charge in [0.05, 0.1) is 76.5 Å². The van der Waals surface area contributed by atoms with E-state index in [-0.39, 0.29) is 150 Å². The molecule has 0 saturated carbocycles. The smallest absolute Gasteiger partial charge is 0.234 e. The van der Waals surface area contributed by atoms with E-state index in [9.17, 15) is 38.4 Å². The van der Waals surface area contributed by atoms with Crippen molar-refractivity contribution in [1.29, 1.82) is 0 Å². The van der Waals surface area contributed by atoms with Gasteiger partial charge in [-0.1, -0.05) is 170 Å². The number of nitrogens with one attached hydrogen (secondary N) is 8. The van der Waals surface area contributed by atoms with Crippen molar-refractivity contribution in [2.45, 2.75) is 78.0 Å². The Labute approximate surface area is 614 Å². The van der Waals surface area contributed by atoms with Crippen molar-refractivity contribution in [3.8, 4) is 0 Å². The highest BCUT2D eigenvalue weighted by atomic mass is 16.2. The molecule has 0 aliphatic carbocycles. The summed E-state index contributed by atoms with van der Waals surface area (Å²) in [6.07, 6.45) is 0. The predicted molar refractivity (Wildman–Crippen MR) is 404 cm³/mol. The van der Waals surface area contributed by atoms with Gasteiger partial charge < -0.3 is 42.5 Å². The second kappa shape index (κ2) is 41.9. The van der Waals surface area contributed by atoms with E-state index >= 15 is 0 Å². The molecule has 4 aliphatic rings. The highest BCUT2D eigenvalue weighted by Crippen LogP contribution is 2.17. The first-order chi connectivity index (χ1) is 50.4. The van der Waals surface area contributed by atoms with Gasteiger partial charge in [-0.3, -0.25) is 77.6 Å². The summed E-state index contributed by atoms with van der Waals surface area (Å²) in [5.41, 5.74) is 7.27. The quantitative estimate of drug-likeness (QED) is 0.0686. The minimum Gasteiger partial charge on any atom is -0.351 e. The van der Waals surface area contributed by atoms with Crippen LogP contribution in [0.25, 0.3) is 0 Å². The lowest BCUT2D eigenvalue weighted by Gasteiger charge is -2.34. The third-order valence-corrected chi connectivity index (χ3v) is 19.4. The van der Waals surface area contributed by atoms with Crippen molar-refractivity contribution in [2.24, 2.45) is 0 Å². The molecule has 4 atom stereocenters.